The van der Waals surface area contributed by atoms with Crippen molar-refractivity contribution in [1.29, 1.82) is 0 Å². The molecule has 0 radical (unpaired) electrons. The van der Waals surface area contributed by atoms with Crippen LogP contribution in [-0.2, 0) is 0 Å². The molecule has 0 N–H and O–H groups in total. The lowest BCUT2D eigenvalue weighted by Crippen LogP contribution is -2.11. The van der Waals surface area contributed by atoms with Crippen LogP contribution in [0.15, 0.2) is 47.6 Å². The fourth-order valence-electron chi connectivity index (χ4n) is 3.19. The summed E-state index contributed by atoms with van der Waals surface area (Å²) in [6.07, 6.45) is 0. The second-order valence-corrected chi connectivity index (χ2v) is 7.93. The van der Waals surface area contributed by atoms with Crippen molar-refractivity contribution < 1.29 is 19.1 Å². The molecule has 9 nitrogen and oxygen atoms in total. The molecule has 0 amide bonds. The predicted molar refractivity (Wildman–Crippen MR) is 122 cm³/mol. The molecule has 0 saturated heterocycles. The molecule has 0 bridgehead atoms. The maximum Gasteiger partial charge on any atom is 0.220 e. The third kappa shape index (κ3) is 5.50. The highest BCUT2D eigenvalue weighted by Gasteiger charge is 2.25. The number of methoxy groups -OCH3 is 1. The molecule has 1 aromatic heterocycles. The predicted octanol–water partition coefficient (Wildman–Crippen LogP) is 4.49. The molecule has 32 heavy (non-hydrogen) atoms. The van der Waals surface area contributed by atoms with Crippen LogP contribution in [0.1, 0.15) is 30.5 Å². The summed E-state index contributed by atoms with van der Waals surface area (Å²) in [5.41, 5.74) is 1.60. The van der Waals surface area contributed by atoms with E-state index in [4.69, 9.17) is 14.2 Å². The van der Waals surface area contributed by atoms with E-state index in [1.807, 2.05) is 55.7 Å². The Bertz CT molecular complexity index is 1050. The van der Waals surface area contributed by atoms with E-state index in [-0.39, 0.29) is 11.5 Å². The molecule has 0 aliphatic heterocycles. The molecular formula is C22H26N4O5S. The van der Waals surface area contributed by atoms with Crippen molar-refractivity contribution in [2.75, 3.05) is 26.9 Å². The van der Waals surface area contributed by atoms with Gasteiger partial charge in [0.25, 0.3) is 0 Å². The summed E-state index contributed by atoms with van der Waals surface area (Å²) in [6, 6.07) is 12.9. The Labute approximate surface area is 190 Å². The van der Waals surface area contributed by atoms with E-state index < -0.39 is 5.25 Å². The Morgan fingerprint density at radius 3 is 2.38 bits per heavy atom. The summed E-state index contributed by atoms with van der Waals surface area (Å²) in [5.74, 6) is 2.59. The molecule has 1 heterocycles. The zero-order valence-corrected chi connectivity index (χ0v) is 19.3. The van der Waals surface area contributed by atoms with Gasteiger partial charge in [0.2, 0.25) is 6.54 Å². The Hall–Kier alpha value is -3.27. The molecule has 3 rings (SSSR count). The second-order valence-electron chi connectivity index (χ2n) is 6.76. The molecule has 3 aromatic rings. The quantitative estimate of drug-likeness (QED) is 0.235. The molecule has 0 aliphatic rings. The number of rotatable bonds is 11. The van der Waals surface area contributed by atoms with Gasteiger partial charge in [-0.15, -0.1) is 10.2 Å². The molecule has 0 saturated carbocycles. The first-order chi connectivity index (χ1) is 15.5. The topological polar surface area (TPSA) is 102 Å². The lowest BCUT2D eigenvalue weighted by atomic mass is 10.1. The average Bonchev–Trinajstić information content (AvgIpc) is 3.14. The Kier molecular flexibility index (Phi) is 7.93. The minimum absolute atomic E-state index is 0.279. The summed E-state index contributed by atoms with van der Waals surface area (Å²) in [5, 5.41) is 20.0. The van der Waals surface area contributed by atoms with Gasteiger partial charge in [0.1, 0.15) is 16.8 Å². The minimum atomic E-state index is -0.500. The van der Waals surface area contributed by atoms with Gasteiger partial charge >= 0.3 is 0 Å². The standard InChI is InChI=1S/C22H26N4O5S/c1-5-30-19-12-7-16(13-20(19)31-6-2)21(14-25(27)28)32-22-24-23-15(3)26(22)17-8-10-18(29-4)11-9-17/h7-13,21H,5-6,14H2,1-4H3/t21-/m1/s1. The zero-order valence-electron chi connectivity index (χ0n) is 18.5. The van der Waals surface area contributed by atoms with Crippen molar-refractivity contribution >= 4 is 11.8 Å². The smallest absolute Gasteiger partial charge is 0.220 e. The van der Waals surface area contributed by atoms with Gasteiger partial charge in [0, 0.05) is 10.6 Å². The van der Waals surface area contributed by atoms with Crippen LogP contribution < -0.4 is 14.2 Å². The van der Waals surface area contributed by atoms with Crippen molar-refractivity contribution in [3.8, 4) is 22.9 Å². The van der Waals surface area contributed by atoms with Gasteiger partial charge in [-0.3, -0.25) is 14.7 Å². The van der Waals surface area contributed by atoms with E-state index in [0.717, 1.165) is 17.0 Å². The van der Waals surface area contributed by atoms with Crippen molar-refractivity contribution in [3.63, 3.8) is 0 Å². The lowest BCUT2D eigenvalue weighted by molar-refractivity contribution is -0.479. The van der Waals surface area contributed by atoms with Crippen LogP contribution in [0.5, 0.6) is 17.2 Å². The van der Waals surface area contributed by atoms with Crippen LogP contribution in [0.25, 0.3) is 5.69 Å². The third-order valence-corrected chi connectivity index (χ3v) is 5.81. The normalized spacial score (nSPS) is 11.8. The number of thioether (sulfide) groups is 1. The number of nitro groups is 1. The van der Waals surface area contributed by atoms with E-state index >= 15 is 0 Å². The fraction of sp³-hybridized carbons (Fsp3) is 0.364. The largest absolute Gasteiger partial charge is 0.497 e. The molecular weight excluding hydrogens is 432 g/mol. The van der Waals surface area contributed by atoms with Crippen LogP contribution in [0, 0.1) is 17.0 Å². The van der Waals surface area contributed by atoms with E-state index in [1.54, 1.807) is 19.2 Å². The van der Waals surface area contributed by atoms with Crippen molar-refractivity contribution in [1.82, 2.24) is 14.8 Å². The van der Waals surface area contributed by atoms with Crippen LogP contribution in [0.4, 0.5) is 0 Å². The SMILES string of the molecule is CCOc1ccc([C@@H](C[N+](=O)[O-])Sc2nnc(C)n2-c2ccc(OC)cc2)cc1OCC. The van der Waals surface area contributed by atoms with Crippen LogP contribution in [-0.4, -0.2) is 46.6 Å². The third-order valence-electron chi connectivity index (χ3n) is 4.63. The second kappa shape index (κ2) is 10.9. The molecule has 10 heteroatoms. The summed E-state index contributed by atoms with van der Waals surface area (Å²) >= 11 is 1.29. The molecule has 0 aliphatic carbocycles. The van der Waals surface area contributed by atoms with Crippen LogP contribution >= 0.6 is 11.8 Å². The van der Waals surface area contributed by atoms with E-state index in [2.05, 4.69) is 10.2 Å². The van der Waals surface area contributed by atoms with Gasteiger partial charge in [-0.2, -0.15) is 0 Å². The number of hydrogen-bond donors (Lipinski definition) is 0. The van der Waals surface area contributed by atoms with Gasteiger partial charge in [0.15, 0.2) is 16.7 Å². The molecule has 170 valence electrons. The van der Waals surface area contributed by atoms with E-state index in [0.29, 0.717) is 35.7 Å². The highest BCUT2D eigenvalue weighted by Crippen LogP contribution is 2.39. The number of hydrogen-bond acceptors (Lipinski definition) is 8. The van der Waals surface area contributed by atoms with E-state index in [1.165, 1.54) is 11.8 Å². The van der Waals surface area contributed by atoms with Gasteiger partial charge in [-0.1, -0.05) is 17.8 Å². The van der Waals surface area contributed by atoms with Gasteiger partial charge in [0.05, 0.1) is 20.3 Å². The van der Waals surface area contributed by atoms with Crippen molar-refractivity contribution in [3.05, 3.63) is 64.0 Å². The number of benzene rings is 2. The number of nitrogens with zero attached hydrogens (tertiary/aromatic N) is 4. The molecule has 0 spiro atoms. The highest BCUT2D eigenvalue weighted by molar-refractivity contribution is 7.99. The fourth-order valence-corrected chi connectivity index (χ4v) is 4.35. The van der Waals surface area contributed by atoms with Crippen LogP contribution in [0.3, 0.4) is 0 Å². The van der Waals surface area contributed by atoms with Crippen molar-refractivity contribution in [2.45, 2.75) is 31.2 Å². The molecule has 2 aromatic carbocycles. The van der Waals surface area contributed by atoms with E-state index in [9.17, 15) is 10.1 Å². The number of ether oxygens (including phenoxy) is 3. The summed E-state index contributed by atoms with van der Waals surface area (Å²) in [4.78, 5) is 11.1. The summed E-state index contributed by atoms with van der Waals surface area (Å²) in [7, 11) is 1.61. The van der Waals surface area contributed by atoms with Gasteiger partial charge in [-0.25, -0.2) is 0 Å². The van der Waals surface area contributed by atoms with Gasteiger partial charge < -0.3 is 14.2 Å². The number of aromatic nitrogens is 3. The monoisotopic (exact) mass is 458 g/mol. The maximum absolute atomic E-state index is 11.5. The summed E-state index contributed by atoms with van der Waals surface area (Å²) in [6.45, 7) is 6.29. The highest BCUT2D eigenvalue weighted by atomic mass is 32.2. The average molecular weight is 459 g/mol. The maximum atomic E-state index is 11.5. The Balaban J connectivity index is 1.97. The van der Waals surface area contributed by atoms with Gasteiger partial charge in [-0.05, 0) is 62.7 Å². The molecule has 0 unspecified atom stereocenters. The van der Waals surface area contributed by atoms with Crippen LogP contribution in [0.2, 0.25) is 0 Å². The lowest BCUT2D eigenvalue weighted by Gasteiger charge is -2.17. The molecule has 0 fully saturated rings. The zero-order chi connectivity index (χ0) is 23.1. The first-order valence-electron chi connectivity index (χ1n) is 10.2. The number of aryl methyl sites for hydroxylation is 1. The Morgan fingerprint density at radius 1 is 1.06 bits per heavy atom. The first kappa shape index (κ1) is 23.4. The first-order valence-corrected chi connectivity index (χ1v) is 11.1. The molecule has 1 atom stereocenters. The summed E-state index contributed by atoms with van der Waals surface area (Å²) < 4.78 is 18.4. The Morgan fingerprint density at radius 2 is 1.75 bits per heavy atom. The minimum Gasteiger partial charge on any atom is -0.497 e. The van der Waals surface area contributed by atoms with Crippen molar-refractivity contribution in [2.24, 2.45) is 0 Å².